The fourth-order valence-electron chi connectivity index (χ4n) is 2.68. The average molecular weight is 386 g/mol. The van der Waals surface area contributed by atoms with E-state index in [-0.39, 0.29) is 24.9 Å². The first kappa shape index (κ1) is 19.2. The van der Waals surface area contributed by atoms with Crippen LogP contribution in [0.1, 0.15) is 6.42 Å². The second-order valence-corrected chi connectivity index (χ2v) is 7.16. The lowest BCUT2D eigenvalue weighted by molar-refractivity contribution is -0.151. The molecule has 27 heavy (non-hydrogen) atoms. The number of esters is 1. The van der Waals surface area contributed by atoms with Crippen molar-refractivity contribution in [1.29, 1.82) is 0 Å². The molecule has 0 N–H and O–H groups in total. The molecule has 1 saturated heterocycles. The highest BCUT2D eigenvalue weighted by atomic mass is 32.2. The summed E-state index contributed by atoms with van der Waals surface area (Å²) in [5.74, 6) is 0.801. The van der Waals surface area contributed by atoms with Crippen LogP contribution in [0, 0.1) is 0 Å². The summed E-state index contributed by atoms with van der Waals surface area (Å²) in [6, 6.07) is 11.7. The SMILES string of the molecule is O=C(CCSc1ccccc1)OCC(=O)N1CCN(c2ncccn2)CC1. The van der Waals surface area contributed by atoms with E-state index in [1.165, 1.54) is 0 Å². The fourth-order valence-corrected chi connectivity index (χ4v) is 3.54. The number of hydrogen-bond donors (Lipinski definition) is 0. The number of aromatic nitrogens is 2. The van der Waals surface area contributed by atoms with Gasteiger partial charge in [-0.3, -0.25) is 9.59 Å². The maximum Gasteiger partial charge on any atom is 0.307 e. The lowest BCUT2D eigenvalue weighted by Gasteiger charge is -2.34. The number of thioether (sulfide) groups is 1. The molecule has 0 saturated carbocycles. The van der Waals surface area contributed by atoms with E-state index in [0.29, 0.717) is 37.9 Å². The smallest absolute Gasteiger partial charge is 0.307 e. The van der Waals surface area contributed by atoms with Crippen LogP contribution in [0.2, 0.25) is 0 Å². The average Bonchev–Trinajstić information content (AvgIpc) is 2.73. The summed E-state index contributed by atoms with van der Waals surface area (Å²) >= 11 is 1.60. The van der Waals surface area contributed by atoms with Gasteiger partial charge in [0.25, 0.3) is 5.91 Å². The van der Waals surface area contributed by atoms with E-state index in [1.807, 2.05) is 35.2 Å². The minimum absolute atomic E-state index is 0.160. The molecule has 142 valence electrons. The molecule has 2 heterocycles. The van der Waals surface area contributed by atoms with E-state index in [9.17, 15) is 9.59 Å². The lowest BCUT2D eigenvalue weighted by Crippen LogP contribution is -2.50. The van der Waals surface area contributed by atoms with Gasteiger partial charge < -0.3 is 14.5 Å². The Kier molecular flexibility index (Phi) is 7.04. The third-order valence-corrected chi connectivity index (χ3v) is 5.16. The molecule has 0 atom stereocenters. The molecule has 1 aliphatic rings. The van der Waals surface area contributed by atoms with Crippen LogP contribution >= 0.6 is 11.8 Å². The van der Waals surface area contributed by atoms with Gasteiger partial charge in [0.15, 0.2) is 6.61 Å². The van der Waals surface area contributed by atoms with Crippen LogP contribution in [0.25, 0.3) is 0 Å². The van der Waals surface area contributed by atoms with Crippen molar-refractivity contribution in [3.05, 3.63) is 48.8 Å². The molecule has 7 nitrogen and oxygen atoms in total. The fraction of sp³-hybridized carbons (Fsp3) is 0.368. The summed E-state index contributed by atoms with van der Waals surface area (Å²) in [5, 5.41) is 0. The maximum atomic E-state index is 12.2. The summed E-state index contributed by atoms with van der Waals surface area (Å²) in [5.41, 5.74) is 0. The Morgan fingerprint density at radius 1 is 1.00 bits per heavy atom. The summed E-state index contributed by atoms with van der Waals surface area (Å²) in [4.78, 5) is 37.4. The molecule has 1 aromatic heterocycles. The molecule has 1 aliphatic heterocycles. The Balaban J connectivity index is 1.33. The number of amides is 1. The number of hydrogen-bond acceptors (Lipinski definition) is 7. The van der Waals surface area contributed by atoms with Gasteiger partial charge in [0.05, 0.1) is 6.42 Å². The van der Waals surface area contributed by atoms with Crippen LogP contribution in [0.15, 0.2) is 53.7 Å². The highest BCUT2D eigenvalue weighted by Crippen LogP contribution is 2.17. The number of anilines is 1. The number of carbonyl (C=O) groups excluding carboxylic acids is 2. The van der Waals surface area contributed by atoms with Crippen molar-refractivity contribution in [2.75, 3.05) is 43.4 Å². The van der Waals surface area contributed by atoms with Crippen molar-refractivity contribution in [2.45, 2.75) is 11.3 Å². The third-order valence-electron chi connectivity index (χ3n) is 4.14. The van der Waals surface area contributed by atoms with Crippen molar-refractivity contribution in [3.63, 3.8) is 0 Å². The number of ether oxygens (including phenoxy) is 1. The molecule has 1 amide bonds. The molecule has 0 unspecified atom stereocenters. The second-order valence-electron chi connectivity index (χ2n) is 5.99. The van der Waals surface area contributed by atoms with Gasteiger partial charge in [-0.2, -0.15) is 0 Å². The first-order chi connectivity index (χ1) is 13.2. The van der Waals surface area contributed by atoms with E-state index in [2.05, 4.69) is 9.97 Å². The topological polar surface area (TPSA) is 75.6 Å². The molecule has 8 heteroatoms. The number of piperazine rings is 1. The van der Waals surface area contributed by atoms with Crippen LogP contribution in [0.5, 0.6) is 0 Å². The van der Waals surface area contributed by atoms with Gasteiger partial charge in [-0.05, 0) is 18.2 Å². The van der Waals surface area contributed by atoms with E-state index in [1.54, 1.807) is 35.1 Å². The van der Waals surface area contributed by atoms with Gasteiger partial charge in [-0.25, -0.2) is 9.97 Å². The van der Waals surface area contributed by atoms with Crippen molar-refractivity contribution in [3.8, 4) is 0 Å². The number of nitrogens with zero attached hydrogens (tertiary/aromatic N) is 4. The van der Waals surface area contributed by atoms with Crippen LogP contribution in [-0.4, -0.2) is 65.3 Å². The van der Waals surface area contributed by atoms with Crippen molar-refractivity contribution in [1.82, 2.24) is 14.9 Å². The van der Waals surface area contributed by atoms with E-state index in [0.717, 1.165) is 4.90 Å². The van der Waals surface area contributed by atoms with Crippen LogP contribution < -0.4 is 4.90 Å². The molecule has 0 aliphatic carbocycles. The van der Waals surface area contributed by atoms with Crippen LogP contribution in [-0.2, 0) is 14.3 Å². The standard InChI is InChI=1S/C19H22N4O3S/c24-17(15-26-18(25)7-14-27-16-5-2-1-3-6-16)22-10-12-23(13-11-22)19-20-8-4-9-21-19/h1-6,8-9H,7,10-15H2. The molecule has 0 spiro atoms. The Morgan fingerprint density at radius 3 is 2.41 bits per heavy atom. The molecule has 0 bridgehead atoms. The monoisotopic (exact) mass is 386 g/mol. The highest BCUT2D eigenvalue weighted by molar-refractivity contribution is 7.99. The van der Waals surface area contributed by atoms with E-state index < -0.39 is 0 Å². The predicted molar refractivity (Wildman–Crippen MR) is 104 cm³/mol. The van der Waals surface area contributed by atoms with Gasteiger partial charge in [0.2, 0.25) is 5.95 Å². The highest BCUT2D eigenvalue weighted by Gasteiger charge is 2.23. The first-order valence-corrected chi connectivity index (χ1v) is 9.84. The summed E-state index contributed by atoms with van der Waals surface area (Å²) < 4.78 is 5.12. The van der Waals surface area contributed by atoms with Crippen molar-refractivity contribution in [2.24, 2.45) is 0 Å². The Labute approximate surface area is 162 Å². The molecule has 0 radical (unpaired) electrons. The summed E-state index contributed by atoms with van der Waals surface area (Å²) in [6.45, 7) is 2.27. The summed E-state index contributed by atoms with van der Waals surface area (Å²) in [6.07, 6.45) is 3.69. The van der Waals surface area contributed by atoms with Gasteiger partial charge >= 0.3 is 5.97 Å². The largest absolute Gasteiger partial charge is 0.456 e. The first-order valence-electron chi connectivity index (χ1n) is 8.85. The Bertz CT molecular complexity index is 737. The van der Waals surface area contributed by atoms with Gasteiger partial charge in [0.1, 0.15) is 0 Å². The Hall–Kier alpha value is -2.61. The van der Waals surface area contributed by atoms with E-state index >= 15 is 0 Å². The van der Waals surface area contributed by atoms with E-state index in [4.69, 9.17) is 4.74 Å². The molecule has 3 rings (SSSR count). The maximum absolute atomic E-state index is 12.2. The quantitative estimate of drug-likeness (QED) is 0.531. The van der Waals surface area contributed by atoms with Gasteiger partial charge in [0, 0.05) is 49.2 Å². The molecule has 1 aromatic carbocycles. The Morgan fingerprint density at radius 2 is 1.70 bits per heavy atom. The molecule has 2 aromatic rings. The molecular formula is C19H22N4O3S. The number of rotatable bonds is 7. The zero-order valence-electron chi connectivity index (χ0n) is 15.0. The minimum Gasteiger partial charge on any atom is -0.456 e. The summed E-state index contributed by atoms with van der Waals surface area (Å²) in [7, 11) is 0. The number of benzene rings is 1. The number of carbonyl (C=O) groups is 2. The van der Waals surface area contributed by atoms with Gasteiger partial charge in [-0.15, -0.1) is 11.8 Å². The normalized spacial score (nSPS) is 14.1. The van der Waals surface area contributed by atoms with Gasteiger partial charge in [-0.1, -0.05) is 18.2 Å². The van der Waals surface area contributed by atoms with Crippen molar-refractivity contribution >= 4 is 29.6 Å². The van der Waals surface area contributed by atoms with Crippen molar-refractivity contribution < 1.29 is 14.3 Å². The predicted octanol–water partition coefficient (Wildman–Crippen LogP) is 1.85. The zero-order valence-corrected chi connectivity index (χ0v) is 15.8. The van der Waals surface area contributed by atoms with Crippen LogP contribution in [0.4, 0.5) is 5.95 Å². The second kappa shape index (κ2) is 9.91. The minimum atomic E-state index is -0.344. The zero-order chi connectivity index (χ0) is 18.9. The lowest BCUT2D eigenvalue weighted by atomic mass is 10.3. The molecule has 1 fully saturated rings. The molecular weight excluding hydrogens is 364 g/mol. The third kappa shape index (κ3) is 5.96. The van der Waals surface area contributed by atoms with Crippen LogP contribution in [0.3, 0.4) is 0 Å².